The molecule has 0 aromatic carbocycles. The highest BCUT2D eigenvalue weighted by molar-refractivity contribution is 5.98. The molecule has 1 amide bonds. The minimum Gasteiger partial charge on any atom is -0.346 e. The van der Waals surface area contributed by atoms with E-state index in [2.05, 4.69) is 20.7 Å². The number of nitrogens with zero attached hydrogens (tertiary/aromatic N) is 3. The predicted molar refractivity (Wildman–Crippen MR) is 58.1 cm³/mol. The van der Waals surface area contributed by atoms with Gasteiger partial charge >= 0.3 is 0 Å². The number of pyridine rings is 1. The Morgan fingerprint density at radius 2 is 2.35 bits per heavy atom. The van der Waals surface area contributed by atoms with E-state index >= 15 is 0 Å². The summed E-state index contributed by atoms with van der Waals surface area (Å²) in [5.74, 6) is 0.445. The summed E-state index contributed by atoms with van der Waals surface area (Å²) >= 11 is 0. The summed E-state index contributed by atoms with van der Waals surface area (Å²) in [5, 5.41) is 9.82. The van der Waals surface area contributed by atoms with Crippen LogP contribution in [0.25, 0.3) is 11.3 Å². The highest BCUT2D eigenvalue weighted by Gasteiger charge is 2.23. The lowest BCUT2D eigenvalue weighted by Gasteiger charge is -2.05. The van der Waals surface area contributed by atoms with Gasteiger partial charge in [0.05, 0.1) is 29.7 Å². The molecule has 3 rings (SSSR count). The highest BCUT2D eigenvalue weighted by atomic mass is 16.5. The van der Waals surface area contributed by atoms with Gasteiger partial charge in [-0.15, -0.1) is 5.10 Å². The summed E-state index contributed by atoms with van der Waals surface area (Å²) < 4.78 is 5.02. The fourth-order valence-electron chi connectivity index (χ4n) is 1.95. The Morgan fingerprint density at radius 1 is 1.47 bits per heavy atom. The van der Waals surface area contributed by atoms with E-state index in [0.717, 1.165) is 23.4 Å². The number of fused-ring (bicyclic) bond motifs is 1. The van der Waals surface area contributed by atoms with E-state index in [1.165, 1.54) is 6.20 Å². The maximum absolute atomic E-state index is 11.6. The van der Waals surface area contributed by atoms with Crippen molar-refractivity contribution in [2.45, 2.75) is 19.9 Å². The number of amides is 1. The minimum absolute atomic E-state index is 0.0936. The molecular formula is C11H10N4O2. The van der Waals surface area contributed by atoms with Gasteiger partial charge in [-0.05, 0) is 12.5 Å². The van der Waals surface area contributed by atoms with E-state index in [0.29, 0.717) is 17.9 Å². The molecule has 1 N–H and O–H groups in total. The maximum Gasteiger partial charge on any atom is 0.253 e. The van der Waals surface area contributed by atoms with E-state index in [1.807, 2.05) is 6.92 Å². The predicted octanol–water partition coefficient (Wildman–Crippen LogP) is 0.937. The molecule has 86 valence electrons. The van der Waals surface area contributed by atoms with Gasteiger partial charge in [0, 0.05) is 10.8 Å². The topological polar surface area (TPSA) is 80.9 Å². The third-order valence-electron chi connectivity index (χ3n) is 2.80. The monoisotopic (exact) mass is 230 g/mol. The number of hydrogen-bond acceptors (Lipinski definition) is 5. The average Bonchev–Trinajstić information content (AvgIpc) is 2.98. The Morgan fingerprint density at radius 3 is 3.06 bits per heavy atom. The van der Waals surface area contributed by atoms with Crippen LogP contribution in [0.1, 0.15) is 28.7 Å². The first-order valence-corrected chi connectivity index (χ1v) is 5.38. The smallest absolute Gasteiger partial charge is 0.253 e. The van der Waals surface area contributed by atoms with Gasteiger partial charge in [-0.1, -0.05) is 6.92 Å². The van der Waals surface area contributed by atoms with Crippen molar-refractivity contribution in [2.24, 2.45) is 0 Å². The summed E-state index contributed by atoms with van der Waals surface area (Å²) in [6, 6.07) is 1.80. The van der Waals surface area contributed by atoms with E-state index < -0.39 is 0 Å². The molecule has 0 unspecified atom stereocenters. The van der Waals surface area contributed by atoms with Crippen molar-refractivity contribution < 1.29 is 9.32 Å². The zero-order valence-corrected chi connectivity index (χ0v) is 9.23. The Balaban J connectivity index is 2.21. The van der Waals surface area contributed by atoms with Crippen molar-refractivity contribution in [1.82, 2.24) is 20.7 Å². The fourth-order valence-corrected chi connectivity index (χ4v) is 1.95. The van der Waals surface area contributed by atoms with Crippen LogP contribution >= 0.6 is 0 Å². The molecule has 0 atom stereocenters. The van der Waals surface area contributed by atoms with Crippen molar-refractivity contribution in [3.63, 3.8) is 0 Å². The van der Waals surface area contributed by atoms with Crippen molar-refractivity contribution in [2.75, 3.05) is 0 Å². The van der Waals surface area contributed by atoms with Crippen LogP contribution in [0, 0.1) is 0 Å². The Labute approximate surface area is 97.0 Å². The molecule has 0 spiro atoms. The van der Waals surface area contributed by atoms with Crippen molar-refractivity contribution >= 4 is 5.91 Å². The van der Waals surface area contributed by atoms with E-state index in [9.17, 15) is 4.79 Å². The van der Waals surface area contributed by atoms with Gasteiger partial charge in [-0.3, -0.25) is 9.78 Å². The lowest BCUT2D eigenvalue weighted by atomic mass is 10.1. The molecular weight excluding hydrogens is 220 g/mol. The van der Waals surface area contributed by atoms with E-state index in [-0.39, 0.29) is 5.91 Å². The maximum atomic E-state index is 11.6. The van der Waals surface area contributed by atoms with Gasteiger partial charge < -0.3 is 9.84 Å². The molecule has 1 aliphatic heterocycles. The Kier molecular flexibility index (Phi) is 2.14. The van der Waals surface area contributed by atoms with E-state index in [4.69, 9.17) is 4.52 Å². The SMILES string of the molecule is CCc1nc2c(cc1-c1cnno1)C(=O)NC2. The summed E-state index contributed by atoms with van der Waals surface area (Å²) in [5.41, 5.74) is 3.07. The van der Waals surface area contributed by atoms with Gasteiger partial charge in [0.2, 0.25) is 0 Å². The Bertz CT molecular complexity index is 577. The number of carbonyl (C=O) groups is 1. The van der Waals surface area contributed by atoms with Crippen LogP contribution in [-0.4, -0.2) is 21.3 Å². The molecule has 6 heteroatoms. The lowest BCUT2D eigenvalue weighted by Crippen LogP contribution is -2.12. The molecule has 6 nitrogen and oxygen atoms in total. The average molecular weight is 230 g/mol. The van der Waals surface area contributed by atoms with Crippen LogP contribution < -0.4 is 5.32 Å². The summed E-state index contributed by atoms with van der Waals surface area (Å²) in [7, 11) is 0. The van der Waals surface area contributed by atoms with Crippen LogP contribution in [-0.2, 0) is 13.0 Å². The first-order chi connectivity index (χ1) is 8.29. The van der Waals surface area contributed by atoms with Crippen LogP contribution in [0.2, 0.25) is 0 Å². The largest absolute Gasteiger partial charge is 0.346 e. The number of rotatable bonds is 2. The second kappa shape index (κ2) is 3.65. The number of aromatic nitrogens is 3. The quantitative estimate of drug-likeness (QED) is 0.830. The van der Waals surface area contributed by atoms with Crippen molar-refractivity contribution in [3.8, 4) is 11.3 Å². The number of carbonyl (C=O) groups excluding carboxylic acids is 1. The van der Waals surface area contributed by atoms with Crippen LogP contribution in [0.5, 0.6) is 0 Å². The highest BCUT2D eigenvalue weighted by Crippen LogP contribution is 2.26. The third-order valence-corrected chi connectivity index (χ3v) is 2.80. The second-order valence-corrected chi connectivity index (χ2v) is 3.79. The van der Waals surface area contributed by atoms with Gasteiger partial charge in [-0.25, -0.2) is 0 Å². The molecule has 2 aromatic heterocycles. The molecule has 0 radical (unpaired) electrons. The first-order valence-electron chi connectivity index (χ1n) is 5.38. The fraction of sp³-hybridized carbons (Fsp3) is 0.273. The number of hydrogen-bond donors (Lipinski definition) is 1. The van der Waals surface area contributed by atoms with Gasteiger partial charge in [0.15, 0.2) is 5.76 Å². The summed E-state index contributed by atoms with van der Waals surface area (Å²) in [6.07, 6.45) is 2.28. The standard InChI is InChI=1S/C11H10N4O2/c1-2-8-6(10-5-13-15-17-10)3-7-9(14-8)4-12-11(7)16/h3,5H,2,4H2,1H3,(H,12,16). The van der Waals surface area contributed by atoms with E-state index in [1.54, 1.807) is 6.07 Å². The Hall–Kier alpha value is -2.24. The number of aryl methyl sites for hydroxylation is 1. The molecule has 0 aliphatic carbocycles. The minimum atomic E-state index is -0.0936. The zero-order valence-electron chi connectivity index (χ0n) is 9.23. The molecule has 1 aliphatic rings. The third kappa shape index (κ3) is 1.49. The zero-order chi connectivity index (χ0) is 11.8. The van der Waals surface area contributed by atoms with Crippen molar-refractivity contribution in [1.29, 1.82) is 0 Å². The van der Waals surface area contributed by atoms with Crippen LogP contribution in [0.3, 0.4) is 0 Å². The molecule has 0 saturated carbocycles. The molecule has 0 bridgehead atoms. The van der Waals surface area contributed by atoms with Crippen LogP contribution in [0.15, 0.2) is 16.8 Å². The molecule has 17 heavy (non-hydrogen) atoms. The van der Waals surface area contributed by atoms with Gasteiger partial charge in [0.25, 0.3) is 5.91 Å². The summed E-state index contributed by atoms with van der Waals surface area (Å²) in [4.78, 5) is 16.1. The molecule has 0 saturated heterocycles. The molecule has 2 aromatic rings. The molecule has 3 heterocycles. The van der Waals surface area contributed by atoms with Crippen LogP contribution in [0.4, 0.5) is 0 Å². The second-order valence-electron chi connectivity index (χ2n) is 3.79. The first kappa shape index (κ1) is 9.95. The summed E-state index contributed by atoms with van der Waals surface area (Å²) in [6.45, 7) is 2.50. The van der Waals surface area contributed by atoms with Gasteiger partial charge in [0.1, 0.15) is 0 Å². The lowest BCUT2D eigenvalue weighted by molar-refractivity contribution is 0.0966. The molecule has 0 fully saturated rings. The normalized spacial score (nSPS) is 13.6. The number of nitrogens with one attached hydrogen (secondary N) is 1. The van der Waals surface area contributed by atoms with Crippen molar-refractivity contribution in [3.05, 3.63) is 29.2 Å². The van der Waals surface area contributed by atoms with Gasteiger partial charge in [-0.2, -0.15) is 0 Å².